The Morgan fingerprint density at radius 3 is 2.50 bits per heavy atom. The Bertz CT molecular complexity index is 671. The van der Waals surface area contributed by atoms with Gasteiger partial charge in [-0.05, 0) is 30.1 Å². The summed E-state index contributed by atoms with van der Waals surface area (Å²) >= 11 is 0. The van der Waals surface area contributed by atoms with Gasteiger partial charge < -0.3 is 14.0 Å². The third-order valence-corrected chi connectivity index (χ3v) is 10.0. The molecule has 1 aliphatic heterocycles. The van der Waals surface area contributed by atoms with Crippen molar-refractivity contribution in [2.24, 2.45) is 0 Å². The molecule has 0 aliphatic carbocycles. The lowest BCUT2D eigenvalue weighted by atomic mass is 10.1. The van der Waals surface area contributed by atoms with Crippen LogP contribution in [0.1, 0.15) is 46.1 Å². The summed E-state index contributed by atoms with van der Waals surface area (Å²) in [4.78, 5) is 28.8. The summed E-state index contributed by atoms with van der Waals surface area (Å²) in [7, 11) is -2.06. The number of benzene rings is 1. The Morgan fingerprint density at radius 1 is 1.29 bits per heavy atom. The van der Waals surface area contributed by atoms with Gasteiger partial charge in [0.1, 0.15) is 6.61 Å². The summed E-state index contributed by atoms with van der Waals surface area (Å²) in [6, 6.07) is 9.79. The van der Waals surface area contributed by atoms with Crippen LogP contribution in [0.3, 0.4) is 0 Å². The minimum atomic E-state index is -2.06. The van der Waals surface area contributed by atoms with Gasteiger partial charge in [-0.15, -0.1) is 5.06 Å². The SMILES string of the molecule is CC(=O)OC[C@H](C[C@@H]1CC(=O)ON1Cc1ccccc1)O[Si](C)(C)C(C)(C)C. The van der Waals surface area contributed by atoms with Crippen LogP contribution in [0.15, 0.2) is 30.3 Å². The number of esters is 1. The number of hydrogen-bond acceptors (Lipinski definition) is 6. The van der Waals surface area contributed by atoms with Crippen LogP contribution in [0.25, 0.3) is 0 Å². The molecule has 1 saturated heterocycles. The van der Waals surface area contributed by atoms with Crippen molar-refractivity contribution in [3.63, 3.8) is 0 Å². The number of carbonyl (C=O) groups excluding carboxylic acids is 2. The molecular weight excluding hydrogens is 374 g/mol. The van der Waals surface area contributed by atoms with Crippen LogP contribution in [0.4, 0.5) is 0 Å². The van der Waals surface area contributed by atoms with Gasteiger partial charge in [-0.3, -0.25) is 9.59 Å². The van der Waals surface area contributed by atoms with Crippen LogP contribution in [0.2, 0.25) is 18.1 Å². The largest absolute Gasteiger partial charge is 0.463 e. The molecule has 0 amide bonds. The molecule has 6 nitrogen and oxygen atoms in total. The Balaban J connectivity index is 2.11. The van der Waals surface area contributed by atoms with E-state index in [4.69, 9.17) is 14.0 Å². The summed E-state index contributed by atoms with van der Waals surface area (Å²) in [5, 5.41) is 1.76. The van der Waals surface area contributed by atoms with Crippen LogP contribution in [0, 0.1) is 0 Å². The van der Waals surface area contributed by atoms with E-state index in [0.717, 1.165) is 5.56 Å². The van der Waals surface area contributed by atoms with Gasteiger partial charge in [0, 0.05) is 6.92 Å². The Kier molecular flexibility index (Phi) is 7.42. The van der Waals surface area contributed by atoms with Crippen LogP contribution in [0.5, 0.6) is 0 Å². The van der Waals surface area contributed by atoms with Crippen LogP contribution >= 0.6 is 0 Å². The average molecular weight is 408 g/mol. The van der Waals surface area contributed by atoms with E-state index in [-0.39, 0.29) is 35.7 Å². The van der Waals surface area contributed by atoms with E-state index >= 15 is 0 Å². The van der Waals surface area contributed by atoms with Gasteiger partial charge in [0.2, 0.25) is 0 Å². The van der Waals surface area contributed by atoms with E-state index < -0.39 is 8.32 Å². The smallest absolute Gasteiger partial charge is 0.326 e. The first-order valence-corrected chi connectivity index (χ1v) is 12.7. The predicted octanol–water partition coefficient (Wildman–Crippen LogP) is 4.06. The fourth-order valence-electron chi connectivity index (χ4n) is 2.92. The molecule has 1 aromatic carbocycles. The first-order chi connectivity index (χ1) is 13.0. The van der Waals surface area contributed by atoms with E-state index in [9.17, 15) is 9.59 Å². The maximum Gasteiger partial charge on any atom is 0.326 e. The number of nitrogens with zero attached hydrogens (tertiary/aromatic N) is 1. The fraction of sp³-hybridized carbons (Fsp3) is 0.619. The van der Waals surface area contributed by atoms with Gasteiger partial charge in [0.05, 0.1) is 25.1 Å². The van der Waals surface area contributed by atoms with E-state index in [2.05, 4.69) is 33.9 Å². The Morgan fingerprint density at radius 2 is 1.93 bits per heavy atom. The molecule has 0 aromatic heterocycles. The van der Waals surface area contributed by atoms with Gasteiger partial charge in [0.25, 0.3) is 0 Å². The van der Waals surface area contributed by atoms with Crippen LogP contribution in [-0.2, 0) is 30.1 Å². The van der Waals surface area contributed by atoms with Crippen molar-refractivity contribution < 1.29 is 23.6 Å². The monoisotopic (exact) mass is 407 g/mol. The maximum atomic E-state index is 12.0. The van der Waals surface area contributed by atoms with Gasteiger partial charge in [-0.25, -0.2) is 0 Å². The first-order valence-electron chi connectivity index (χ1n) is 9.80. The molecule has 1 heterocycles. The number of hydrogen-bond donors (Lipinski definition) is 0. The summed E-state index contributed by atoms with van der Waals surface area (Å²) < 4.78 is 11.8. The Labute approximate surface area is 169 Å². The molecular formula is C21H33NO5Si. The average Bonchev–Trinajstić information content (AvgIpc) is 2.91. The van der Waals surface area contributed by atoms with Gasteiger partial charge in [-0.2, -0.15) is 0 Å². The second-order valence-electron chi connectivity index (χ2n) is 8.92. The normalized spacial score (nSPS) is 19.4. The van der Waals surface area contributed by atoms with E-state index in [0.29, 0.717) is 19.4 Å². The maximum absolute atomic E-state index is 12.0. The summed E-state index contributed by atoms with van der Waals surface area (Å²) in [6.45, 7) is 13.0. The summed E-state index contributed by atoms with van der Waals surface area (Å²) in [5.74, 6) is -0.566. The number of ether oxygens (including phenoxy) is 1. The highest BCUT2D eigenvalue weighted by Gasteiger charge is 2.41. The highest BCUT2D eigenvalue weighted by molar-refractivity contribution is 6.74. The third kappa shape index (κ3) is 6.43. The molecule has 0 unspecified atom stereocenters. The van der Waals surface area contributed by atoms with Gasteiger partial charge in [0.15, 0.2) is 8.32 Å². The van der Waals surface area contributed by atoms with Crippen molar-refractivity contribution in [1.29, 1.82) is 0 Å². The molecule has 1 fully saturated rings. The summed E-state index contributed by atoms with van der Waals surface area (Å²) in [5.41, 5.74) is 1.07. The molecule has 7 heteroatoms. The zero-order valence-electron chi connectivity index (χ0n) is 17.9. The third-order valence-electron chi connectivity index (χ3n) is 5.48. The van der Waals surface area contributed by atoms with Crippen molar-refractivity contribution in [2.45, 2.75) is 77.4 Å². The zero-order valence-corrected chi connectivity index (χ0v) is 18.9. The van der Waals surface area contributed by atoms with E-state index in [1.807, 2.05) is 30.3 Å². The van der Waals surface area contributed by atoms with Crippen molar-refractivity contribution in [3.05, 3.63) is 35.9 Å². The van der Waals surface area contributed by atoms with Crippen LogP contribution < -0.4 is 0 Å². The van der Waals surface area contributed by atoms with Gasteiger partial charge in [-0.1, -0.05) is 51.1 Å². The molecule has 0 saturated carbocycles. The molecule has 0 bridgehead atoms. The lowest BCUT2D eigenvalue weighted by Crippen LogP contribution is -2.46. The zero-order chi connectivity index (χ0) is 20.9. The lowest BCUT2D eigenvalue weighted by Gasteiger charge is -2.40. The van der Waals surface area contributed by atoms with Crippen molar-refractivity contribution in [2.75, 3.05) is 6.61 Å². The van der Waals surface area contributed by atoms with Crippen LogP contribution in [-0.4, -0.2) is 44.1 Å². The lowest BCUT2D eigenvalue weighted by molar-refractivity contribution is -0.179. The minimum absolute atomic E-state index is 0.0349. The highest BCUT2D eigenvalue weighted by atomic mass is 28.4. The Hall–Kier alpha value is -1.70. The number of carbonyl (C=O) groups is 2. The van der Waals surface area contributed by atoms with Crippen molar-refractivity contribution in [3.8, 4) is 0 Å². The number of hydroxylamine groups is 2. The topological polar surface area (TPSA) is 65.1 Å². The van der Waals surface area contributed by atoms with Gasteiger partial charge >= 0.3 is 11.9 Å². The molecule has 2 rings (SSSR count). The standard InChI is InChI=1S/C21H33NO5Si/c1-16(23)25-15-19(27-28(5,6)21(2,3)4)12-18-13-20(24)26-22(18)14-17-10-8-7-9-11-17/h7-11,18-19H,12-15H2,1-6H3/t18-,19+/m1/s1. The second kappa shape index (κ2) is 9.20. The van der Waals surface area contributed by atoms with E-state index in [1.165, 1.54) is 6.92 Å². The molecule has 0 N–H and O–H groups in total. The molecule has 28 heavy (non-hydrogen) atoms. The predicted molar refractivity (Wildman–Crippen MR) is 110 cm³/mol. The minimum Gasteiger partial charge on any atom is -0.463 e. The molecule has 2 atom stereocenters. The van der Waals surface area contributed by atoms with Crippen molar-refractivity contribution >= 4 is 20.3 Å². The quantitative estimate of drug-likeness (QED) is 0.478. The molecule has 156 valence electrons. The first kappa shape index (κ1) is 22.6. The molecule has 0 spiro atoms. The summed E-state index contributed by atoms with van der Waals surface area (Å²) in [6.07, 6.45) is 0.602. The second-order valence-corrected chi connectivity index (χ2v) is 13.7. The molecule has 0 radical (unpaired) electrons. The molecule has 1 aliphatic rings. The van der Waals surface area contributed by atoms with E-state index in [1.54, 1.807) is 5.06 Å². The number of rotatable bonds is 8. The van der Waals surface area contributed by atoms with Crippen molar-refractivity contribution in [1.82, 2.24) is 5.06 Å². The highest BCUT2D eigenvalue weighted by Crippen LogP contribution is 2.38. The molecule has 1 aromatic rings. The fourth-order valence-corrected chi connectivity index (χ4v) is 4.27.